The van der Waals surface area contributed by atoms with Crippen molar-refractivity contribution in [1.29, 1.82) is 0 Å². The molecule has 1 fully saturated rings. The summed E-state index contributed by atoms with van der Waals surface area (Å²) in [5.41, 5.74) is 4.23. The molecule has 1 saturated carbocycles. The van der Waals surface area contributed by atoms with E-state index in [4.69, 9.17) is 33.4 Å². The number of hydrogen-bond donors (Lipinski definition) is 0. The average Bonchev–Trinajstić information content (AvgIpc) is 3.32. The van der Waals surface area contributed by atoms with E-state index in [0.29, 0.717) is 49.5 Å². The smallest absolute Gasteiger partial charge is 0.356 e. The zero-order valence-electron chi connectivity index (χ0n) is 24.9. The monoisotopic (exact) mass is 568 g/mol. The molecule has 2 heterocycles. The van der Waals surface area contributed by atoms with Crippen molar-refractivity contribution in [3.63, 3.8) is 0 Å². The number of aromatic nitrogens is 2. The Morgan fingerprint density at radius 3 is 2.49 bits per heavy atom. The van der Waals surface area contributed by atoms with Crippen LogP contribution in [0.5, 0.6) is 11.5 Å². The van der Waals surface area contributed by atoms with Gasteiger partial charge in [-0.2, -0.15) is 0 Å². The van der Waals surface area contributed by atoms with E-state index in [-0.39, 0.29) is 13.6 Å². The SMILES string of the molecule is CCCCOCCn1c(-c2ccc(OCOC)cc2OCOC)c(C2CCCCC2)c2ccc(C(=O)OCC)nc21. The Bertz CT molecular complexity index is 1270. The van der Waals surface area contributed by atoms with Crippen molar-refractivity contribution < 1.29 is 33.2 Å². The van der Waals surface area contributed by atoms with E-state index in [1.165, 1.54) is 24.8 Å². The Kier molecular flexibility index (Phi) is 11.8. The Morgan fingerprint density at radius 2 is 1.76 bits per heavy atom. The summed E-state index contributed by atoms with van der Waals surface area (Å²) in [6.45, 7) is 6.27. The van der Waals surface area contributed by atoms with Crippen LogP contribution in [0.25, 0.3) is 22.3 Å². The van der Waals surface area contributed by atoms with Gasteiger partial charge in [-0.15, -0.1) is 0 Å². The van der Waals surface area contributed by atoms with Crippen LogP contribution in [0, 0.1) is 0 Å². The second-order valence-electron chi connectivity index (χ2n) is 10.3. The van der Waals surface area contributed by atoms with E-state index >= 15 is 0 Å². The third-order valence-corrected chi connectivity index (χ3v) is 7.43. The predicted molar refractivity (Wildman–Crippen MR) is 158 cm³/mol. The van der Waals surface area contributed by atoms with Crippen LogP contribution >= 0.6 is 0 Å². The third kappa shape index (κ3) is 7.58. The van der Waals surface area contributed by atoms with Crippen molar-refractivity contribution in [1.82, 2.24) is 9.55 Å². The molecule has 1 aliphatic rings. The van der Waals surface area contributed by atoms with E-state index in [1.54, 1.807) is 27.2 Å². The predicted octanol–water partition coefficient (Wildman–Crippen LogP) is 6.71. The highest BCUT2D eigenvalue weighted by Gasteiger charge is 2.29. The molecule has 0 spiro atoms. The van der Waals surface area contributed by atoms with Crippen molar-refractivity contribution >= 4 is 17.0 Å². The van der Waals surface area contributed by atoms with E-state index in [2.05, 4.69) is 11.5 Å². The minimum atomic E-state index is -0.425. The molecule has 2 aromatic heterocycles. The van der Waals surface area contributed by atoms with Gasteiger partial charge < -0.3 is 33.0 Å². The first-order valence-corrected chi connectivity index (χ1v) is 14.8. The molecule has 1 aromatic carbocycles. The number of ether oxygens (including phenoxy) is 6. The van der Waals surface area contributed by atoms with Gasteiger partial charge in [0.2, 0.25) is 0 Å². The first-order chi connectivity index (χ1) is 20.1. The molecule has 224 valence electrons. The first-order valence-electron chi connectivity index (χ1n) is 14.8. The molecule has 41 heavy (non-hydrogen) atoms. The lowest BCUT2D eigenvalue weighted by atomic mass is 9.82. The zero-order valence-corrected chi connectivity index (χ0v) is 24.9. The van der Waals surface area contributed by atoms with E-state index in [9.17, 15) is 4.79 Å². The normalized spacial score (nSPS) is 14.0. The number of esters is 1. The summed E-state index contributed by atoms with van der Waals surface area (Å²) >= 11 is 0. The van der Waals surface area contributed by atoms with Crippen molar-refractivity contribution in [3.05, 3.63) is 41.6 Å². The largest absolute Gasteiger partial charge is 0.467 e. The number of unbranched alkanes of at least 4 members (excludes halogenated alkanes) is 1. The number of fused-ring (bicyclic) bond motifs is 1. The van der Waals surface area contributed by atoms with Crippen LogP contribution in [-0.4, -0.2) is 63.1 Å². The first kappa shape index (κ1) is 30.8. The highest BCUT2D eigenvalue weighted by atomic mass is 16.7. The molecule has 9 nitrogen and oxygen atoms in total. The molecule has 0 amide bonds. The van der Waals surface area contributed by atoms with E-state index in [1.807, 2.05) is 24.3 Å². The summed E-state index contributed by atoms with van der Waals surface area (Å²) in [5.74, 6) is 1.21. The number of rotatable bonds is 16. The zero-order chi connectivity index (χ0) is 29.0. The average molecular weight is 569 g/mol. The maximum absolute atomic E-state index is 12.7. The quantitative estimate of drug-likeness (QED) is 0.107. The number of hydrogen-bond acceptors (Lipinski definition) is 8. The minimum Gasteiger partial charge on any atom is -0.467 e. The molecule has 1 aliphatic carbocycles. The Balaban J connectivity index is 1.93. The van der Waals surface area contributed by atoms with E-state index < -0.39 is 5.97 Å². The second-order valence-corrected chi connectivity index (χ2v) is 10.3. The van der Waals surface area contributed by atoms with Crippen molar-refractivity contribution in [2.24, 2.45) is 0 Å². The van der Waals surface area contributed by atoms with Gasteiger partial charge in [0.05, 0.1) is 18.9 Å². The van der Waals surface area contributed by atoms with Crippen LogP contribution in [0.4, 0.5) is 0 Å². The lowest BCUT2D eigenvalue weighted by Crippen LogP contribution is -2.12. The Labute approximate surface area is 243 Å². The number of carbonyl (C=O) groups excluding carboxylic acids is 1. The molecule has 0 bridgehead atoms. The maximum atomic E-state index is 12.7. The van der Waals surface area contributed by atoms with Crippen molar-refractivity contribution in [2.45, 2.75) is 71.3 Å². The number of methoxy groups -OCH3 is 2. The molecule has 0 aliphatic heterocycles. The summed E-state index contributed by atoms with van der Waals surface area (Å²) in [7, 11) is 3.19. The number of pyridine rings is 1. The fourth-order valence-corrected chi connectivity index (χ4v) is 5.54. The maximum Gasteiger partial charge on any atom is 0.356 e. The number of nitrogens with zero attached hydrogens (tertiary/aromatic N) is 2. The molecule has 0 atom stereocenters. The molecule has 4 rings (SSSR count). The minimum absolute atomic E-state index is 0.0884. The lowest BCUT2D eigenvalue weighted by molar-refractivity contribution is 0.0462. The van der Waals surface area contributed by atoms with Crippen LogP contribution in [0.2, 0.25) is 0 Å². The van der Waals surface area contributed by atoms with Gasteiger partial charge >= 0.3 is 5.97 Å². The fraction of sp³-hybridized carbons (Fsp3) is 0.562. The topological polar surface area (TPSA) is 90.3 Å². The van der Waals surface area contributed by atoms with Crippen molar-refractivity contribution in [2.75, 3.05) is 47.6 Å². The molecule has 0 N–H and O–H groups in total. The molecule has 9 heteroatoms. The number of carbonyl (C=O) groups is 1. The molecular weight excluding hydrogens is 524 g/mol. The van der Waals surface area contributed by atoms with E-state index in [0.717, 1.165) is 48.0 Å². The third-order valence-electron chi connectivity index (χ3n) is 7.43. The van der Waals surface area contributed by atoms with Gasteiger partial charge in [-0.05, 0) is 61.9 Å². The number of benzene rings is 1. The van der Waals surface area contributed by atoms with Gasteiger partial charge in [0, 0.05) is 44.4 Å². The molecule has 0 radical (unpaired) electrons. The van der Waals surface area contributed by atoms with Gasteiger partial charge in [0.15, 0.2) is 19.3 Å². The van der Waals surface area contributed by atoms with Gasteiger partial charge in [-0.1, -0.05) is 32.6 Å². The van der Waals surface area contributed by atoms with Crippen LogP contribution in [-0.2, 0) is 25.5 Å². The highest BCUT2D eigenvalue weighted by Crippen LogP contribution is 2.46. The van der Waals surface area contributed by atoms with Gasteiger partial charge in [0.25, 0.3) is 0 Å². The van der Waals surface area contributed by atoms with Crippen molar-refractivity contribution in [3.8, 4) is 22.8 Å². The summed E-state index contributed by atoms with van der Waals surface area (Å²) in [6, 6.07) is 9.63. The molecular formula is C32H44N2O7. The Morgan fingerprint density at radius 1 is 0.976 bits per heavy atom. The van der Waals surface area contributed by atoms with Crippen LogP contribution in [0.15, 0.2) is 30.3 Å². The lowest BCUT2D eigenvalue weighted by Gasteiger charge is -2.24. The molecule has 3 aromatic rings. The Hall–Kier alpha value is -3.14. The van der Waals surface area contributed by atoms with Gasteiger partial charge in [-0.25, -0.2) is 9.78 Å². The molecule has 0 saturated heterocycles. The second kappa shape index (κ2) is 15.7. The highest BCUT2D eigenvalue weighted by molar-refractivity contribution is 5.95. The summed E-state index contributed by atoms with van der Waals surface area (Å²) in [4.78, 5) is 17.6. The summed E-state index contributed by atoms with van der Waals surface area (Å²) in [6.07, 6.45) is 7.89. The van der Waals surface area contributed by atoms with Gasteiger partial charge in [0.1, 0.15) is 17.1 Å². The van der Waals surface area contributed by atoms with Crippen LogP contribution < -0.4 is 9.47 Å². The van der Waals surface area contributed by atoms with Crippen LogP contribution in [0.1, 0.15) is 80.8 Å². The van der Waals surface area contributed by atoms with Gasteiger partial charge in [-0.3, -0.25) is 0 Å². The molecule has 0 unspecified atom stereocenters. The fourth-order valence-electron chi connectivity index (χ4n) is 5.54. The van der Waals surface area contributed by atoms with Crippen LogP contribution in [0.3, 0.4) is 0 Å². The standard InChI is InChI=1S/C32H44N2O7/c1-5-7-18-38-19-17-34-30(25-14-13-24(40-21-36-3)20-28(25)41-22-37-4)29(23-11-9-8-10-12-23)26-15-16-27(33-31(26)34)32(35)39-6-2/h13-16,20,23H,5-12,17-19,21-22H2,1-4H3. The summed E-state index contributed by atoms with van der Waals surface area (Å²) in [5, 5.41) is 1.05. The summed E-state index contributed by atoms with van der Waals surface area (Å²) < 4.78 is 35.8.